The van der Waals surface area contributed by atoms with Gasteiger partial charge in [0.05, 0.1) is 6.04 Å². The molecule has 0 saturated heterocycles. The monoisotopic (exact) mass is 249 g/mol. The Bertz CT molecular complexity index is 430. The summed E-state index contributed by atoms with van der Waals surface area (Å²) in [5.74, 6) is -0.367. The van der Waals surface area contributed by atoms with Gasteiger partial charge in [0.1, 0.15) is 0 Å². The standard InChI is InChI=1S/C13H19N3O2/c1-9-4-3-5-11(8-9)13(18)16-7-6-15-12(17)10(2)14/h3-5,8,10H,6-7,14H2,1-2H3,(H,15,17)(H,16,18)/t10-/m1/s1. The quantitative estimate of drug-likeness (QED) is 0.651. The lowest BCUT2D eigenvalue weighted by molar-refractivity contribution is -0.121. The minimum Gasteiger partial charge on any atom is -0.353 e. The summed E-state index contributed by atoms with van der Waals surface area (Å²) < 4.78 is 0. The van der Waals surface area contributed by atoms with Crippen LogP contribution >= 0.6 is 0 Å². The van der Waals surface area contributed by atoms with Crippen molar-refractivity contribution in [2.24, 2.45) is 5.73 Å². The Morgan fingerprint density at radius 3 is 2.56 bits per heavy atom. The molecule has 98 valence electrons. The van der Waals surface area contributed by atoms with Crippen LogP contribution in [0.2, 0.25) is 0 Å². The van der Waals surface area contributed by atoms with Gasteiger partial charge in [-0.25, -0.2) is 0 Å². The molecular formula is C13H19N3O2. The van der Waals surface area contributed by atoms with E-state index in [9.17, 15) is 9.59 Å². The van der Waals surface area contributed by atoms with E-state index in [-0.39, 0.29) is 11.8 Å². The van der Waals surface area contributed by atoms with Crippen molar-refractivity contribution < 1.29 is 9.59 Å². The van der Waals surface area contributed by atoms with Gasteiger partial charge in [-0.15, -0.1) is 0 Å². The molecule has 5 heteroatoms. The van der Waals surface area contributed by atoms with Crippen LogP contribution in [0.15, 0.2) is 24.3 Å². The van der Waals surface area contributed by atoms with Crippen molar-refractivity contribution in [3.05, 3.63) is 35.4 Å². The molecule has 1 atom stereocenters. The van der Waals surface area contributed by atoms with Gasteiger partial charge >= 0.3 is 0 Å². The number of aryl methyl sites for hydroxylation is 1. The van der Waals surface area contributed by atoms with Crippen molar-refractivity contribution >= 4 is 11.8 Å². The fourth-order valence-electron chi connectivity index (χ4n) is 1.41. The average molecular weight is 249 g/mol. The second kappa shape index (κ2) is 6.76. The van der Waals surface area contributed by atoms with Crippen LogP contribution in [0.4, 0.5) is 0 Å². The van der Waals surface area contributed by atoms with Gasteiger partial charge in [0.25, 0.3) is 5.91 Å². The van der Waals surface area contributed by atoms with E-state index in [4.69, 9.17) is 5.73 Å². The van der Waals surface area contributed by atoms with Gasteiger partial charge in [-0.2, -0.15) is 0 Å². The van der Waals surface area contributed by atoms with E-state index in [2.05, 4.69) is 10.6 Å². The van der Waals surface area contributed by atoms with Gasteiger partial charge in [-0.3, -0.25) is 9.59 Å². The molecule has 4 N–H and O–H groups in total. The van der Waals surface area contributed by atoms with Gasteiger partial charge in [-0.1, -0.05) is 17.7 Å². The maximum absolute atomic E-state index is 11.7. The van der Waals surface area contributed by atoms with Crippen LogP contribution in [0, 0.1) is 6.92 Å². The first-order valence-electron chi connectivity index (χ1n) is 5.89. The number of hydrogen-bond donors (Lipinski definition) is 3. The SMILES string of the molecule is Cc1cccc(C(=O)NCCNC(=O)[C@@H](C)N)c1. The smallest absolute Gasteiger partial charge is 0.251 e. The molecule has 1 rings (SSSR count). The zero-order valence-corrected chi connectivity index (χ0v) is 10.7. The summed E-state index contributed by atoms with van der Waals surface area (Å²) in [6.45, 7) is 4.30. The number of nitrogens with two attached hydrogens (primary N) is 1. The zero-order chi connectivity index (χ0) is 13.5. The molecule has 0 saturated carbocycles. The van der Waals surface area contributed by atoms with Gasteiger partial charge < -0.3 is 16.4 Å². The van der Waals surface area contributed by atoms with Crippen molar-refractivity contribution in [3.8, 4) is 0 Å². The lowest BCUT2D eigenvalue weighted by Gasteiger charge is -2.09. The van der Waals surface area contributed by atoms with E-state index < -0.39 is 6.04 Å². The predicted molar refractivity (Wildman–Crippen MR) is 70.2 cm³/mol. The molecular weight excluding hydrogens is 230 g/mol. The third kappa shape index (κ3) is 4.55. The summed E-state index contributed by atoms with van der Waals surface area (Å²) in [7, 11) is 0. The van der Waals surface area contributed by atoms with E-state index in [0.29, 0.717) is 18.7 Å². The molecule has 0 fully saturated rings. The highest BCUT2D eigenvalue weighted by Crippen LogP contribution is 2.03. The molecule has 0 spiro atoms. The fourth-order valence-corrected chi connectivity index (χ4v) is 1.41. The molecule has 0 aromatic heterocycles. The van der Waals surface area contributed by atoms with Crippen LogP contribution in [-0.4, -0.2) is 30.9 Å². The zero-order valence-electron chi connectivity index (χ0n) is 10.7. The minimum absolute atomic E-state index is 0.145. The Balaban J connectivity index is 2.32. The first-order valence-corrected chi connectivity index (χ1v) is 5.89. The van der Waals surface area contributed by atoms with Crippen LogP contribution in [0.3, 0.4) is 0 Å². The van der Waals surface area contributed by atoms with E-state index in [1.165, 1.54) is 0 Å². The lowest BCUT2D eigenvalue weighted by Crippen LogP contribution is -2.42. The van der Waals surface area contributed by atoms with Crippen molar-refractivity contribution in [2.75, 3.05) is 13.1 Å². The average Bonchev–Trinajstić information content (AvgIpc) is 2.33. The number of carbonyl (C=O) groups is 2. The molecule has 18 heavy (non-hydrogen) atoms. The second-order valence-corrected chi connectivity index (χ2v) is 4.21. The van der Waals surface area contributed by atoms with Gasteiger partial charge in [0.2, 0.25) is 5.91 Å². The lowest BCUT2D eigenvalue weighted by atomic mass is 10.1. The summed E-state index contributed by atoms with van der Waals surface area (Å²) >= 11 is 0. The third-order valence-electron chi connectivity index (χ3n) is 2.40. The van der Waals surface area contributed by atoms with Crippen molar-refractivity contribution in [3.63, 3.8) is 0 Å². The molecule has 0 aliphatic rings. The first-order chi connectivity index (χ1) is 8.50. The fraction of sp³-hybridized carbons (Fsp3) is 0.385. The molecule has 5 nitrogen and oxygen atoms in total. The normalized spacial score (nSPS) is 11.7. The number of benzene rings is 1. The third-order valence-corrected chi connectivity index (χ3v) is 2.40. The maximum Gasteiger partial charge on any atom is 0.251 e. The minimum atomic E-state index is -0.530. The molecule has 0 bridgehead atoms. The molecule has 0 aliphatic carbocycles. The summed E-state index contributed by atoms with van der Waals surface area (Å²) in [6.07, 6.45) is 0. The van der Waals surface area contributed by atoms with Gasteiger partial charge in [-0.05, 0) is 26.0 Å². The number of carbonyl (C=O) groups excluding carboxylic acids is 2. The molecule has 1 aromatic carbocycles. The Morgan fingerprint density at radius 1 is 1.28 bits per heavy atom. The number of amides is 2. The molecule has 2 amide bonds. The largest absolute Gasteiger partial charge is 0.353 e. The Labute approximate surface area is 107 Å². The highest BCUT2D eigenvalue weighted by Gasteiger charge is 2.07. The highest BCUT2D eigenvalue weighted by atomic mass is 16.2. The van der Waals surface area contributed by atoms with Crippen molar-refractivity contribution in [1.29, 1.82) is 0 Å². The summed E-state index contributed by atoms with van der Waals surface area (Å²) in [5.41, 5.74) is 7.04. The topological polar surface area (TPSA) is 84.2 Å². The van der Waals surface area contributed by atoms with Crippen LogP contribution < -0.4 is 16.4 Å². The van der Waals surface area contributed by atoms with Crippen LogP contribution in [-0.2, 0) is 4.79 Å². The molecule has 0 radical (unpaired) electrons. The summed E-state index contributed by atoms with van der Waals surface area (Å²) in [6, 6.07) is 6.80. The predicted octanol–water partition coefficient (Wildman–Crippen LogP) is 0.188. The Morgan fingerprint density at radius 2 is 1.94 bits per heavy atom. The summed E-state index contributed by atoms with van der Waals surface area (Å²) in [5, 5.41) is 5.35. The first kappa shape index (κ1) is 14.2. The van der Waals surface area contributed by atoms with Crippen molar-refractivity contribution in [2.45, 2.75) is 19.9 Å². The number of rotatable bonds is 5. The van der Waals surface area contributed by atoms with E-state index in [1.54, 1.807) is 13.0 Å². The van der Waals surface area contributed by atoms with Crippen LogP contribution in [0.5, 0.6) is 0 Å². The van der Waals surface area contributed by atoms with Gasteiger partial charge in [0, 0.05) is 18.7 Å². The summed E-state index contributed by atoms with van der Waals surface area (Å²) in [4.78, 5) is 22.9. The van der Waals surface area contributed by atoms with Gasteiger partial charge in [0.15, 0.2) is 0 Å². The Kier molecular flexibility index (Phi) is 5.32. The van der Waals surface area contributed by atoms with E-state index in [0.717, 1.165) is 5.56 Å². The Hall–Kier alpha value is -1.88. The molecule has 0 aliphatic heterocycles. The molecule has 0 heterocycles. The number of hydrogen-bond acceptors (Lipinski definition) is 3. The second-order valence-electron chi connectivity index (χ2n) is 4.21. The molecule has 1 aromatic rings. The van der Waals surface area contributed by atoms with E-state index >= 15 is 0 Å². The van der Waals surface area contributed by atoms with Crippen LogP contribution in [0.25, 0.3) is 0 Å². The van der Waals surface area contributed by atoms with E-state index in [1.807, 2.05) is 25.1 Å². The van der Waals surface area contributed by atoms with Crippen molar-refractivity contribution in [1.82, 2.24) is 10.6 Å². The molecule has 0 unspecified atom stereocenters. The maximum atomic E-state index is 11.7. The van der Waals surface area contributed by atoms with Crippen LogP contribution in [0.1, 0.15) is 22.8 Å². The highest BCUT2D eigenvalue weighted by molar-refractivity contribution is 5.94. The number of nitrogens with one attached hydrogen (secondary N) is 2.